The average Bonchev–Trinajstić information content (AvgIpc) is 3.44. The molecule has 4 rings (SSSR count). The van der Waals surface area contributed by atoms with Crippen LogP contribution in [0.2, 0.25) is 0 Å². The van der Waals surface area contributed by atoms with E-state index in [1.165, 1.54) is 13.8 Å². The first-order chi connectivity index (χ1) is 21.0. The van der Waals surface area contributed by atoms with E-state index in [9.17, 15) is 14.4 Å². The van der Waals surface area contributed by atoms with Gasteiger partial charge in [0.25, 0.3) is 0 Å². The van der Waals surface area contributed by atoms with Crippen LogP contribution >= 0.6 is 0 Å². The maximum absolute atomic E-state index is 13.1. The van der Waals surface area contributed by atoms with Crippen LogP contribution in [0.5, 0.6) is 5.75 Å². The van der Waals surface area contributed by atoms with Crippen molar-refractivity contribution in [3.8, 4) is 5.75 Å². The molecule has 0 saturated carbocycles. The number of esters is 2. The molecule has 0 aliphatic carbocycles. The number of likely N-dealkylation sites (tertiary alicyclic amines) is 1. The van der Waals surface area contributed by atoms with Crippen molar-refractivity contribution in [1.29, 1.82) is 5.41 Å². The van der Waals surface area contributed by atoms with Crippen LogP contribution < -0.4 is 10.5 Å². The number of nitrogens with two attached hydrogens (primary N) is 1. The Kier molecular flexibility index (Phi) is 10.5. The van der Waals surface area contributed by atoms with E-state index in [1.807, 2.05) is 53.4 Å². The summed E-state index contributed by atoms with van der Waals surface area (Å²) in [5.74, 6) is -0.239. The molecule has 3 aromatic rings. The molecular formula is C33H38N4O7. The van der Waals surface area contributed by atoms with Gasteiger partial charge < -0.3 is 29.6 Å². The summed E-state index contributed by atoms with van der Waals surface area (Å²) in [7, 11) is 0. The lowest BCUT2D eigenvalue weighted by Crippen LogP contribution is -2.28. The monoisotopic (exact) mass is 602 g/mol. The molecule has 0 radical (unpaired) electrons. The zero-order valence-electron chi connectivity index (χ0n) is 25.4. The van der Waals surface area contributed by atoms with Crippen molar-refractivity contribution in [2.75, 3.05) is 19.7 Å². The van der Waals surface area contributed by atoms with Crippen molar-refractivity contribution in [2.24, 2.45) is 10.7 Å². The number of aliphatic imine (C=N–C) groups is 1. The number of nitrogens with zero attached hydrogens (tertiary/aromatic N) is 2. The molecule has 11 nitrogen and oxygen atoms in total. The molecule has 1 aliphatic rings. The van der Waals surface area contributed by atoms with Crippen molar-refractivity contribution < 1.29 is 33.3 Å². The first-order valence-electron chi connectivity index (χ1n) is 14.5. The normalized spacial score (nSPS) is 16.2. The van der Waals surface area contributed by atoms with E-state index in [2.05, 4.69) is 4.99 Å². The van der Waals surface area contributed by atoms with Crippen LogP contribution in [0.15, 0.2) is 65.7 Å². The fourth-order valence-electron chi connectivity index (χ4n) is 5.09. The third-order valence-electron chi connectivity index (χ3n) is 7.23. The number of carbonyl (C=O) groups excluding carboxylic acids is 3. The minimum atomic E-state index is -1.10. The largest absolute Gasteiger partial charge is 0.489 e. The molecule has 3 atom stereocenters. The Balaban J connectivity index is 1.50. The van der Waals surface area contributed by atoms with Crippen LogP contribution in [0.4, 0.5) is 4.79 Å². The summed E-state index contributed by atoms with van der Waals surface area (Å²) in [6.45, 7) is 7.92. The number of amides is 1. The molecule has 11 heteroatoms. The van der Waals surface area contributed by atoms with Gasteiger partial charge in [-0.05, 0) is 60.4 Å². The molecule has 1 amide bonds. The van der Waals surface area contributed by atoms with Gasteiger partial charge in [-0.1, -0.05) is 42.5 Å². The highest BCUT2D eigenvalue weighted by Crippen LogP contribution is 2.28. The number of hydrogen-bond acceptors (Lipinski definition) is 8. The second kappa shape index (κ2) is 14.5. The lowest BCUT2D eigenvalue weighted by atomic mass is 9.91. The van der Waals surface area contributed by atoms with Gasteiger partial charge in [-0.15, -0.1) is 0 Å². The van der Waals surface area contributed by atoms with Crippen molar-refractivity contribution in [2.45, 2.75) is 58.8 Å². The van der Waals surface area contributed by atoms with E-state index in [0.717, 1.165) is 34.9 Å². The predicted molar refractivity (Wildman–Crippen MR) is 166 cm³/mol. The third kappa shape index (κ3) is 8.56. The van der Waals surface area contributed by atoms with Gasteiger partial charge in [0, 0.05) is 32.4 Å². The van der Waals surface area contributed by atoms with Crippen molar-refractivity contribution in [3.63, 3.8) is 0 Å². The van der Waals surface area contributed by atoms with Gasteiger partial charge in [0.15, 0.2) is 0 Å². The Hall–Kier alpha value is -4.93. The highest BCUT2D eigenvalue weighted by atomic mass is 16.7. The average molecular weight is 603 g/mol. The molecule has 1 fully saturated rings. The third-order valence-corrected chi connectivity index (χ3v) is 7.23. The lowest BCUT2D eigenvalue weighted by molar-refractivity contribution is -0.161. The molecule has 1 aliphatic heterocycles. The smallest absolute Gasteiger partial charge is 0.438 e. The van der Waals surface area contributed by atoms with Crippen LogP contribution in [-0.4, -0.2) is 66.7 Å². The maximum Gasteiger partial charge on any atom is 0.438 e. The van der Waals surface area contributed by atoms with Crippen LogP contribution in [0, 0.1) is 5.41 Å². The number of rotatable bonds is 10. The quantitative estimate of drug-likeness (QED) is 0.142. The number of nitrogens with one attached hydrogen (secondary N) is 1. The second-order valence-corrected chi connectivity index (χ2v) is 10.6. The fourth-order valence-corrected chi connectivity index (χ4v) is 5.09. The lowest BCUT2D eigenvalue weighted by Gasteiger charge is -2.19. The molecular weight excluding hydrogens is 564 g/mol. The van der Waals surface area contributed by atoms with Crippen LogP contribution in [-0.2, 0) is 30.2 Å². The minimum Gasteiger partial charge on any atom is -0.489 e. The van der Waals surface area contributed by atoms with Crippen molar-refractivity contribution >= 4 is 40.5 Å². The number of ether oxygens (including phenoxy) is 4. The SMILES string of the molecule is CCOC(=O)[C@@H](Cc1ccc2ccc(C(N)=NC(=O)OC(C)OC(C)=O)cc2c1)c1ccc(O[C@H]2CCN(C(C)=N)C2)cc1. The maximum atomic E-state index is 13.1. The number of carbonyl (C=O) groups is 3. The van der Waals surface area contributed by atoms with Crippen LogP contribution in [0.1, 0.15) is 56.7 Å². The highest BCUT2D eigenvalue weighted by Gasteiger charge is 2.26. The van der Waals surface area contributed by atoms with E-state index >= 15 is 0 Å². The van der Waals surface area contributed by atoms with Gasteiger partial charge in [0.05, 0.1) is 24.9 Å². The molecule has 44 heavy (non-hydrogen) atoms. The molecule has 1 unspecified atom stereocenters. The summed E-state index contributed by atoms with van der Waals surface area (Å²) in [6.07, 6.45) is -0.810. The molecule has 3 N–H and O–H groups in total. The summed E-state index contributed by atoms with van der Waals surface area (Å²) < 4.78 is 21.3. The van der Waals surface area contributed by atoms with Gasteiger partial charge in [0.1, 0.15) is 17.7 Å². The number of amidine groups is 2. The van der Waals surface area contributed by atoms with E-state index in [4.69, 9.17) is 30.1 Å². The second-order valence-electron chi connectivity index (χ2n) is 10.6. The summed E-state index contributed by atoms with van der Waals surface area (Å²) >= 11 is 0. The van der Waals surface area contributed by atoms with Gasteiger partial charge >= 0.3 is 18.0 Å². The highest BCUT2D eigenvalue weighted by molar-refractivity contribution is 6.05. The number of fused-ring (bicyclic) bond motifs is 1. The molecule has 1 heterocycles. The molecule has 1 saturated heterocycles. The van der Waals surface area contributed by atoms with Gasteiger partial charge in [-0.25, -0.2) is 4.79 Å². The zero-order chi connectivity index (χ0) is 31.8. The Labute approximate surface area is 256 Å². The fraction of sp³-hybridized carbons (Fsp3) is 0.364. The molecule has 3 aromatic carbocycles. The van der Waals surface area contributed by atoms with Crippen molar-refractivity contribution in [1.82, 2.24) is 4.90 Å². The van der Waals surface area contributed by atoms with E-state index in [1.54, 1.807) is 26.0 Å². The molecule has 0 bridgehead atoms. The first kappa shape index (κ1) is 32.0. The summed E-state index contributed by atoms with van der Waals surface area (Å²) in [5.41, 5.74) is 8.30. The van der Waals surface area contributed by atoms with E-state index in [-0.39, 0.29) is 24.5 Å². The van der Waals surface area contributed by atoms with Gasteiger partial charge in [-0.3, -0.25) is 15.0 Å². The van der Waals surface area contributed by atoms with Crippen LogP contribution in [0.25, 0.3) is 10.8 Å². The number of hydrogen-bond donors (Lipinski definition) is 2. The Bertz CT molecular complexity index is 1550. The Morgan fingerprint density at radius 1 is 1.02 bits per heavy atom. The molecule has 0 spiro atoms. The first-order valence-corrected chi connectivity index (χ1v) is 14.5. The minimum absolute atomic E-state index is 0.0125. The van der Waals surface area contributed by atoms with E-state index < -0.39 is 24.3 Å². The molecule has 232 valence electrons. The van der Waals surface area contributed by atoms with Gasteiger partial charge in [0.2, 0.25) is 6.29 Å². The zero-order valence-corrected chi connectivity index (χ0v) is 25.4. The predicted octanol–water partition coefficient (Wildman–Crippen LogP) is 4.93. The summed E-state index contributed by atoms with van der Waals surface area (Å²) in [4.78, 5) is 42.0. The van der Waals surface area contributed by atoms with Gasteiger partial charge in [-0.2, -0.15) is 4.99 Å². The number of benzene rings is 3. The Morgan fingerprint density at radius 2 is 1.75 bits per heavy atom. The standard InChI is InChI=1S/C33H38N4O7/c1-5-41-32(39)30(25-10-12-28(13-11-25)44-29-14-15-37(19-29)20(2)34)17-23-6-7-24-8-9-26(18-27(24)16-23)31(35)36-33(40)43-22(4)42-21(3)38/h6-13,16,18,22,29-30,34H,5,14-15,17,19H2,1-4H3,(H2,35,36,40)/t22?,29-,30-/m0/s1. The molecule has 0 aromatic heterocycles. The Morgan fingerprint density at radius 3 is 2.41 bits per heavy atom. The topological polar surface area (TPSA) is 154 Å². The van der Waals surface area contributed by atoms with Crippen molar-refractivity contribution in [3.05, 3.63) is 77.4 Å². The van der Waals surface area contributed by atoms with E-state index in [0.29, 0.717) is 30.1 Å². The summed E-state index contributed by atoms with van der Waals surface area (Å²) in [6, 6.07) is 18.8. The van der Waals surface area contributed by atoms with Crippen LogP contribution in [0.3, 0.4) is 0 Å². The summed E-state index contributed by atoms with van der Waals surface area (Å²) in [5, 5.41) is 9.61.